The first kappa shape index (κ1) is 19.1. The van der Waals surface area contributed by atoms with E-state index in [1.165, 1.54) is 19.3 Å². The predicted molar refractivity (Wildman–Crippen MR) is 102 cm³/mol. The first-order chi connectivity index (χ1) is 13.2. The maximum atomic E-state index is 12.2. The fourth-order valence-electron chi connectivity index (χ4n) is 3.41. The van der Waals surface area contributed by atoms with Crippen LogP contribution in [-0.4, -0.2) is 34.3 Å². The molecule has 0 spiro atoms. The quantitative estimate of drug-likeness (QED) is 0.793. The number of nitrogens with zero attached hydrogens (tertiary/aromatic N) is 2. The SMILES string of the molecule is O=C(COC(=O)c1ccc(Cn2cccn2)cc1)NC1CCCCCCC1. The van der Waals surface area contributed by atoms with Crippen molar-refractivity contribution in [1.29, 1.82) is 0 Å². The summed E-state index contributed by atoms with van der Waals surface area (Å²) in [6.45, 7) is 0.413. The van der Waals surface area contributed by atoms with E-state index < -0.39 is 5.97 Å². The molecule has 2 aromatic rings. The molecule has 1 heterocycles. The number of rotatable bonds is 6. The van der Waals surface area contributed by atoms with Crippen LogP contribution in [0.3, 0.4) is 0 Å². The number of hydrogen-bond acceptors (Lipinski definition) is 4. The average molecular weight is 369 g/mol. The number of ether oxygens (including phenoxy) is 1. The second-order valence-corrected chi connectivity index (χ2v) is 7.09. The van der Waals surface area contributed by atoms with Crippen molar-refractivity contribution in [2.24, 2.45) is 0 Å². The number of hydrogen-bond donors (Lipinski definition) is 1. The lowest BCUT2D eigenvalue weighted by Crippen LogP contribution is -2.38. The van der Waals surface area contributed by atoms with Crippen molar-refractivity contribution in [3.8, 4) is 0 Å². The van der Waals surface area contributed by atoms with Gasteiger partial charge in [0.2, 0.25) is 0 Å². The molecular formula is C21H27N3O3. The Bertz CT molecular complexity index is 718. The maximum Gasteiger partial charge on any atom is 0.338 e. The molecule has 0 aliphatic heterocycles. The largest absolute Gasteiger partial charge is 0.452 e. The van der Waals surface area contributed by atoms with Gasteiger partial charge < -0.3 is 10.1 Å². The molecule has 1 aromatic carbocycles. The molecule has 6 nitrogen and oxygen atoms in total. The van der Waals surface area contributed by atoms with Crippen molar-refractivity contribution in [2.75, 3.05) is 6.61 Å². The van der Waals surface area contributed by atoms with E-state index in [9.17, 15) is 9.59 Å². The Morgan fingerprint density at radius 3 is 2.44 bits per heavy atom. The van der Waals surface area contributed by atoms with E-state index >= 15 is 0 Å². The van der Waals surface area contributed by atoms with E-state index in [2.05, 4.69) is 10.4 Å². The summed E-state index contributed by atoms with van der Waals surface area (Å²) in [6.07, 6.45) is 11.7. The van der Waals surface area contributed by atoms with Crippen molar-refractivity contribution in [3.05, 3.63) is 53.9 Å². The van der Waals surface area contributed by atoms with Gasteiger partial charge in [0, 0.05) is 18.4 Å². The third kappa shape index (κ3) is 6.24. The second-order valence-electron chi connectivity index (χ2n) is 7.09. The highest BCUT2D eigenvalue weighted by Gasteiger charge is 2.16. The second kappa shape index (κ2) is 9.90. The lowest BCUT2D eigenvalue weighted by atomic mass is 9.97. The van der Waals surface area contributed by atoms with Crippen molar-refractivity contribution in [2.45, 2.75) is 57.5 Å². The summed E-state index contributed by atoms with van der Waals surface area (Å²) >= 11 is 0. The van der Waals surface area contributed by atoms with Crippen LogP contribution < -0.4 is 5.32 Å². The lowest BCUT2D eigenvalue weighted by Gasteiger charge is -2.20. The Morgan fingerprint density at radius 1 is 1.07 bits per heavy atom. The van der Waals surface area contributed by atoms with Crippen molar-refractivity contribution in [1.82, 2.24) is 15.1 Å². The summed E-state index contributed by atoms with van der Waals surface area (Å²) in [5.41, 5.74) is 1.48. The summed E-state index contributed by atoms with van der Waals surface area (Å²) < 4.78 is 6.98. The minimum Gasteiger partial charge on any atom is -0.452 e. The van der Waals surface area contributed by atoms with Crippen LogP contribution in [0.25, 0.3) is 0 Å². The van der Waals surface area contributed by atoms with E-state index in [0.29, 0.717) is 12.1 Å². The third-order valence-corrected chi connectivity index (χ3v) is 4.90. The number of carbonyl (C=O) groups excluding carboxylic acids is 2. The Labute approximate surface area is 159 Å². The Hall–Kier alpha value is -2.63. The van der Waals surface area contributed by atoms with Gasteiger partial charge >= 0.3 is 5.97 Å². The maximum absolute atomic E-state index is 12.2. The van der Waals surface area contributed by atoms with Gasteiger partial charge in [0.05, 0.1) is 12.1 Å². The molecule has 0 bridgehead atoms. The van der Waals surface area contributed by atoms with Crippen LogP contribution in [0, 0.1) is 0 Å². The van der Waals surface area contributed by atoms with Crippen LogP contribution in [0.4, 0.5) is 0 Å². The zero-order valence-electron chi connectivity index (χ0n) is 15.6. The summed E-state index contributed by atoms with van der Waals surface area (Å²) in [5, 5.41) is 7.16. The molecule has 0 atom stereocenters. The van der Waals surface area contributed by atoms with Gasteiger partial charge in [0.25, 0.3) is 5.91 Å². The summed E-state index contributed by atoms with van der Waals surface area (Å²) in [7, 11) is 0. The summed E-state index contributed by atoms with van der Waals surface area (Å²) in [5.74, 6) is -0.697. The zero-order valence-corrected chi connectivity index (χ0v) is 15.6. The van der Waals surface area contributed by atoms with Gasteiger partial charge in [0.15, 0.2) is 6.61 Å². The smallest absolute Gasteiger partial charge is 0.338 e. The highest BCUT2D eigenvalue weighted by Crippen LogP contribution is 2.17. The number of benzene rings is 1. The molecule has 27 heavy (non-hydrogen) atoms. The van der Waals surface area contributed by atoms with E-state index in [0.717, 1.165) is 31.2 Å². The minimum atomic E-state index is -0.478. The van der Waals surface area contributed by atoms with Crippen LogP contribution in [0.5, 0.6) is 0 Å². The van der Waals surface area contributed by atoms with Gasteiger partial charge in [-0.15, -0.1) is 0 Å². The van der Waals surface area contributed by atoms with Crippen LogP contribution in [0.15, 0.2) is 42.7 Å². The molecule has 6 heteroatoms. The molecule has 1 N–H and O–H groups in total. The highest BCUT2D eigenvalue weighted by atomic mass is 16.5. The molecule has 1 fully saturated rings. The first-order valence-electron chi connectivity index (χ1n) is 9.73. The van der Waals surface area contributed by atoms with Crippen LogP contribution in [0.2, 0.25) is 0 Å². The van der Waals surface area contributed by atoms with Crippen LogP contribution in [0.1, 0.15) is 60.9 Å². The topological polar surface area (TPSA) is 73.2 Å². The van der Waals surface area contributed by atoms with E-state index in [1.54, 1.807) is 18.3 Å². The monoisotopic (exact) mass is 369 g/mol. The van der Waals surface area contributed by atoms with E-state index in [1.807, 2.05) is 29.1 Å². The summed E-state index contributed by atoms with van der Waals surface area (Å²) in [4.78, 5) is 24.2. The number of amides is 1. The molecule has 1 aromatic heterocycles. The lowest BCUT2D eigenvalue weighted by molar-refractivity contribution is -0.125. The zero-order chi connectivity index (χ0) is 18.9. The minimum absolute atomic E-state index is 0.207. The molecular weight excluding hydrogens is 342 g/mol. The fraction of sp³-hybridized carbons (Fsp3) is 0.476. The third-order valence-electron chi connectivity index (χ3n) is 4.90. The van der Waals surface area contributed by atoms with Gasteiger partial charge in [-0.2, -0.15) is 5.10 Å². The highest BCUT2D eigenvalue weighted by molar-refractivity contribution is 5.91. The van der Waals surface area contributed by atoms with Crippen molar-refractivity contribution < 1.29 is 14.3 Å². The number of carbonyl (C=O) groups is 2. The number of esters is 1. The number of nitrogens with one attached hydrogen (secondary N) is 1. The molecule has 144 valence electrons. The van der Waals surface area contributed by atoms with E-state index in [4.69, 9.17) is 4.74 Å². The van der Waals surface area contributed by atoms with Gasteiger partial charge in [-0.05, 0) is 36.6 Å². The van der Waals surface area contributed by atoms with Crippen LogP contribution >= 0.6 is 0 Å². The van der Waals surface area contributed by atoms with Gasteiger partial charge in [0.1, 0.15) is 0 Å². The predicted octanol–water partition coefficient (Wildman–Crippen LogP) is 3.32. The van der Waals surface area contributed by atoms with Crippen molar-refractivity contribution in [3.63, 3.8) is 0 Å². The molecule has 0 radical (unpaired) electrons. The van der Waals surface area contributed by atoms with Crippen LogP contribution in [-0.2, 0) is 16.1 Å². The summed E-state index contributed by atoms with van der Waals surface area (Å²) in [6, 6.07) is 9.24. The number of aromatic nitrogens is 2. The molecule has 0 saturated heterocycles. The first-order valence-corrected chi connectivity index (χ1v) is 9.73. The standard InChI is InChI=1S/C21H27N3O3/c25-20(23-19-7-4-2-1-3-5-8-19)16-27-21(26)18-11-9-17(10-12-18)15-24-14-6-13-22-24/h6,9-14,19H,1-5,7-8,15-16H2,(H,23,25). The Kier molecular flexibility index (Phi) is 7.02. The molecule has 1 amide bonds. The van der Waals surface area contributed by atoms with Crippen molar-refractivity contribution >= 4 is 11.9 Å². The molecule has 3 rings (SSSR count). The molecule has 1 saturated carbocycles. The molecule has 1 aliphatic carbocycles. The van der Waals surface area contributed by atoms with E-state index in [-0.39, 0.29) is 18.6 Å². The normalized spacial score (nSPS) is 15.6. The van der Waals surface area contributed by atoms with Gasteiger partial charge in [-0.1, -0.05) is 44.2 Å². The molecule has 1 aliphatic rings. The van der Waals surface area contributed by atoms with Gasteiger partial charge in [-0.25, -0.2) is 4.79 Å². The van der Waals surface area contributed by atoms with Gasteiger partial charge in [-0.3, -0.25) is 9.48 Å². The molecule has 0 unspecified atom stereocenters. The fourth-order valence-corrected chi connectivity index (χ4v) is 3.41. The Balaban J connectivity index is 1.43. The Morgan fingerprint density at radius 2 is 1.78 bits per heavy atom. The average Bonchev–Trinajstić information content (AvgIpc) is 3.15.